The van der Waals surface area contributed by atoms with Gasteiger partial charge in [-0.3, -0.25) is 0 Å². The quantitative estimate of drug-likeness (QED) is 0.789. The summed E-state index contributed by atoms with van der Waals surface area (Å²) in [6.45, 7) is 7.41. The van der Waals surface area contributed by atoms with E-state index < -0.39 is 0 Å². The first-order valence-corrected chi connectivity index (χ1v) is 5.79. The minimum Gasteiger partial charge on any atom is -0.369 e. The van der Waals surface area contributed by atoms with Crippen molar-refractivity contribution in [3.63, 3.8) is 0 Å². The molecule has 2 nitrogen and oxygen atoms in total. The number of anilines is 1. The van der Waals surface area contributed by atoms with Gasteiger partial charge in [-0.1, -0.05) is 17.7 Å². The summed E-state index contributed by atoms with van der Waals surface area (Å²) < 4.78 is 0. The zero-order chi connectivity index (χ0) is 10.8. The van der Waals surface area contributed by atoms with Crippen LogP contribution in [0.4, 0.5) is 5.69 Å². The van der Waals surface area contributed by atoms with Crippen molar-refractivity contribution in [2.45, 2.75) is 19.9 Å². The molecule has 1 aliphatic rings. The Morgan fingerprint density at radius 3 is 2.93 bits per heavy atom. The monoisotopic (exact) mass is 224 g/mol. The summed E-state index contributed by atoms with van der Waals surface area (Å²) in [5, 5.41) is 4.29. The van der Waals surface area contributed by atoms with Crippen LogP contribution in [0.2, 0.25) is 5.02 Å². The van der Waals surface area contributed by atoms with E-state index in [0.29, 0.717) is 6.04 Å². The summed E-state index contributed by atoms with van der Waals surface area (Å²) in [5.41, 5.74) is 2.38. The number of piperazine rings is 1. The molecule has 1 aromatic rings. The first kappa shape index (κ1) is 10.8. The zero-order valence-corrected chi connectivity index (χ0v) is 10.0. The molecule has 1 saturated heterocycles. The van der Waals surface area contributed by atoms with Gasteiger partial charge in [0.2, 0.25) is 0 Å². The standard InChI is InChI=1S/C12H17ClN2/c1-9-3-4-11(7-12(9)13)15-6-5-14-10(2)8-15/h3-4,7,10,14H,5-6,8H2,1-2H3. The highest BCUT2D eigenvalue weighted by Crippen LogP contribution is 2.23. The summed E-state index contributed by atoms with van der Waals surface area (Å²) in [7, 11) is 0. The Morgan fingerprint density at radius 2 is 2.27 bits per heavy atom. The van der Waals surface area contributed by atoms with E-state index in [1.165, 1.54) is 5.69 Å². The van der Waals surface area contributed by atoms with Crippen LogP contribution in [0.25, 0.3) is 0 Å². The number of halogens is 1. The average Bonchev–Trinajstić information content (AvgIpc) is 2.22. The molecule has 82 valence electrons. The van der Waals surface area contributed by atoms with Gasteiger partial charge in [0.05, 0.1) is 0 Å². The van der Waals surface area contributed by atoms with Gasteiger partial charge >= 0.3 is 0 Å². The smallest absolute Gasteiger partial charge is 0.0455 e. The Kier molecular flexibility index (Phi) is 3.17. The lowest BCUT2D eigenvalue weighted by atomic mass is 10.1. The lowest BCUT2D eigenvalue weighted by Gasteiger charge is -2.33. The van der Waals surface area contributed by atoms with Crippen LogP contribution >= 0.6 is 11.6 Å². The number of hydrogen-bond acceptors (Lipinski definition) is 2. The maximum Gasteiger partial charge on any atom is 0.0455 e. The van der Waals surface area contributed by atoms with E-state index >= 15 is 0 Å². The van der Waals surface area contributed by atoms with E-state index in [1.807, 2.05) is 6.92 Å². The van der Waals surface area contributed by atoms with Crippen molar-refractivity contribution >= 4 is 17.3 Å². The van der Waals surface area contributed by atoms with Crippen LogP contribution < -0.4 is 10.2 Å². The van der Waals surface area contributed by atoms with Gasteiger partial charge in [-0.25, -0.2) is 0 Å². The van der Waals surface area contributed by atoms with Gasteiger partial charge in [0, 0.05) is 36.4 Å². The second kappa shape index (κ2) is 4.42. The van der Waals surface area contributed by atoms with Gasteiger partial charge in [-0.15, -0.1) is 0 Å². The molecule has 1 fully saturated rings. The molecule has 0 amide bonds. The van der Waals surface area contributed by atoms with Gasteiger partial charge in [-0.2, -0.15) is 0 Å². The molecule has 1 aromatic carbocycles. The SMILES string of the molecule is Cc1ccc(N2CCNC(C)C2)cc1Cl. The van der Waals surface area contributed by atoms with Crippen molar-refractivity contribution in [2.24, 2.45) is 0 Å². The first-order valence-electron chi connectivity index (χ1n) is 5.41. The van der Waals surface area contributed by atoms with Crippen LogP contribution in [0, 0.1) is 6.92 Å². The highest BCUT2D eigenvalue weighted by molar-refractivity contribution is 6.31. The Bertz CT molecular complexity index is 351. The molecule has 1 aliphatic heterocycles. The molecule has 0 aromatic heterocycles. The highest BCUT2D eigenvalue weighted by atomic mass is 35.5. The molecule has 1 heterocycles. The van der Waals surface area contributed by atoms with Gasteiger partial charge in [0.15, 0.2) is 0 Å². The summed E-state index contributed by atoms with van der Waals surface area (Å²) in [5.74, 6) is 0. The maximum atomic E-state index is 6.13. The number of nitrogens with zero attached hydrogens (tertiary/aromatic N) is 1. The molecule has 1 atom stereocenters. The molecule has 1 unspecified atom stereocenters. The Morgan fingerprint density at radius 1 is 1.47 bits per heavy atom. The number of hydrogen-bond donors (Lipinski definition) is 1. The Hall–Kier alpha value is -0.730. The van der Waals surface area contributed by atoms with Crippen molar-refractivity contribution in [3.05, 3.63) is 28.8 Å². The Labute approximate surface area is 96.2 Å². The predicted octanol–water partition coefficient (Wildman–Crippen LogP) is 2.45. The summed E-state index contributed by atoms with van der Waals surface area (Å²) in [4.78, 5) is 2.38. The van der Waals surface area contributed by atoms with Crippen molar-refractivity contribution in [2.75, 3.05) is 24.5 Å². The van der Waals surface area contributed by atoms with Crippen molar-refractivity contribution in [1.82, 2.24) is 5.32 Å². The third-order valence-corrected chi connectivity index (χ3v) is 3.30. The molecule has 0 spiro atoms. The van der Waals surface area contributed by atoms with Crippen molar-refractivity contribution < 1.29 is 0 Å². The summed E-state index contributed by atoms with van der Waals surface area (Å²) >= 11 is 6.13. The molecule has 15 heavy (non-hydrogen) atoms. The molecule has 0 radical (unpaired) electrons. The first-order chi connectivity index (χ1) is 7.16. The van der Waals surface area contributed by atoms with Gasteiger partial charge < -0.3 is 10.2 Å². The molecule has 0 saturated carbocycles. The summed E-state index contributed by atoms with van der Waals surface area (Å²) in [6.07, 6.45) is 0. The number of benzene rings is 1. The minimum atomic E-state index is 0.554. The van der Waals surface area contributed by atoms with Crippen LogP contribution in [-0.2, 0) is 0 Å². The normalized spacial score (nSPS) is 21.8. The fourth-order valence-corrected chi connectivity index (χ4v) is 2.12. The Balaban J connectivity index is 2.18. The third-order valence-electron chi connectivity index (χ3n) is 2.89. The molecule has 0 bridgehead atoms. The van der Waals surface area contributed by atoms with Crippen molar-refractivity contribution in [1.29, 1.82) is 0 Å². The fraction of sp³-hybridized carbons (Fsp3) is 0.500. The second-order valence-corrected chi connectivity index (χ2v) is 4.64. The van der Waals surface area contributed by atoms with Crippen LogP contribution in [0.3, 0.4) is 0 Å². The lowest BCUT2D eigenvalue weighted by Crippen LogP contribution is -2.49. The van der Waals surface area contributed by atoms with Crippen molar-refractivity contribution in [3.8, 4) is 0 Å². The molecule has 0 aliphatic carbocycles. The zero-order valence-electron chi connectivity index (χ0n) is 9.26. The van der Waals surface area contributed by atoms with E-state index in [1.54, 1.807) is 0 Å². The molecular weight excluding hydrogens is 208 g/mol. The molecular formula is C12H17ClN2. The second-order valence-electron chi connectivity index (χ2n) is 4.23. The van der Waals surface area contributed by atoms with Gasteiger partial charge in [0.1, 0.15) is 0 Å². The van der Waals surface area contributed by atoms with E-state index in [0.717, 1.165) is 30.2 Å². The lowest BCUT2D eigenvalue weighted by molar-refractivity contribution is 0.485. The predicted molar refractivity (Wildman–Crippen MR) is 65.9 cm³/mol. The maximum absolute atomic E-state index is 6.13. The van der Waals surface area contributed by atoms with E-state index in [4.69, 9.17) is 11.6 Å². The van der Waals surface area contributed by atoms with Crippen LogP contribution in [0.1, 0.15) is 12.5 Å². The van der Waals surface area contributed by atoms with Crippen LogP contribution in [0.5, 0.6) is 0 Å². The number of rotatable bonds is 1. The molecule has 2 rings (SSSR count). The van der Waals surface area contributed by atoms with E-state index in [9.17, 15) is 0 Å². The van der Waals surface area contributed by atoms with E-state index in [-0.39, 0.29) is 0 Å². The summed E-state index contributed by atoms with van der Waals surface area (Å²) in [6, 6.07) is 6.86. The third kappa shape index (κ3) is 2.44. The highest BCUT2D eigenvalue weighted by Gasteiger charge is 2.16. The molecule has 1 N–H and O–H groups in total. The van der Waals surface area contributed by atoms with Crippen LogP contribution in [-0.4, -0.2) is 25.7 Å². The largest absolute Gasteiger partial charge is 0.369 e. The average molecular weight is 225 g/mol. The van der Waals surface area contributed by atoms with Gasteiger partial charge in [-0.05, 0) is 31.5 Å². The number of aryl methyl sites for hydroxylation is 1. The van der Waals surface area contributed by atoms with Crippen LogP contribution in [0.15, 0.2) is 18.2 Å². The van der Waals surface area contributed by atoms with Gasteiger partial charge in [0.25, 0.3) is 0 Å². The fourth-order valence-electron chi connectivity index (χ4n) is 1.95. The van der Waals surface area contributed by atoms with E-state index in [2.05, 4.69) is 35.3 Å². The topological polar surface area (TPSA) is 15.3 Å². The minimum absolute atomic E-state index is 0.554. The molecule has 3 heteroatoms. The number of nitrogens with one attached hydrogen (secondary N) is 1.